The van der Waals surface area contributed by atoms with Crippen LogP contribution in [0, 0.1) is 6.92 Å². The van der Waals surface area contributed by atoms with Crippen LogP contribution in [0.5, 0.6) is 0 Å². The van der Waals surface area contributed by atoms with Crippen LogP contribution in [0.2, 0.25) is 0 Å². The summed E-state index contributed by atoms with van der Waals surface area (Å²) in [5.41, 5.74) is 2.51. The highest BCUT2D eigenvalue weighted by atomic mass is 32.1. The van der Waals surface area contributed by atoms with Gasteiger partial charge in [-0.05, 0) is 39.3 Å². The molecule has 1 heterocycles. The lowest BCUT2D eigenvalue weighted by Crippen LogP contribution is -2.32. The second kappa shape index (κ2) is 7.46. The minimum atomic E-state index is -0.496. The lowest BCUT2D eigenvalue weighted by atomic mass is 10.1. The van der Waals surface area contributed by atoms with Gasteiger partial charge in [0.25, 0.3) is 0 Å². The van der Waals surface area contributed by atoms with E-state index in [0.717, 1.165) is 22.0 Å². The lowest BCUT2D eigenvalue weighted by Gasteiger charge is -2.20. The average molecular weight is 333 g/mol. The standard InChI is InChI=1S/C17H23N3O2S/c1-12-20-14(11-23-12)10-18-15-8-6-5-7-13(15)9-19-16(21)22-17(2,3)4/h5-8,11,18H,9-10H2,1-4H3,(H,19,21). The number of carbonyl (C=O) groups is 1. The fourth-order valence-electron chi connectivity index (χ4n) is 2.00. The Kier molecular flexibility index (Phi) is 5.60. The number of nitrogens with one attached hydrogen (secondary N) is 2. The molecule has 1 aromatic carbocycles. The van der Waals surface area contributed by atoms with E-state index in [1.54, 1.807) is 11.3 Å². The number of alkyl carbamates (subject to hydrolysis) is 1. The first-order chi connectivity index (χ1) is 10.8. The van der Waals surface area contributed by atoms with Crippen molar-refractivity contribution >= 4 is 23.1 Å². The number of amides is 1. The molecule has 1 amide bonds. The third-order valence-electron chi connectivity index (χ3n) is 2.97. The van der Waals surface area contributed by atoms with E-state index in [2.05, 4.69) is 15.6 Å². The quantitative estimate of drug-likeness (QED) is 0.865. The van der Waals surface area contributed by atoms with E-state index < -0.39 is 11.7 Å². The molecule has 0 saturated heterocycles. The van der Waals surface area contributed by atoms with Gasteiger partial charge in [0.15, 0.2) is 0 Å². The highest BCUT2D eigenvalue weighted by molar-refractivity contribution is 7.09. The Labute approximate surface area is 141 Å². The molecule has 2 N–H and O–H groups in total. The maximum absolute atomic E-state index is 11.8. The first-order valence-electron chi connectivity index (χ1n) is 7.53. The fourth-order valence-corrected chi connectivity index (χ4v) is 2.62. The number of carbonyl (C=O) groups excluding carboxylic acids is 1. The number of benzene rings is 1. The number of rotatable bonds is 5. The number of ether oxygens (including phenoxy) is 1. The number of para-hydroxylation sites is 1. The summed E-state index contributed by atoms with van der Waals surface area (Å²) in [5, 5.41) is 9.25. The molecule has 0 aliphatic rings. The van der Waals surface area contributed by atoms with Crippen LogP contribution in [0.3, 0.4) is 0 Å². The average Bonchev–Trinajstić information content (AvgIpc) is 2.87. The van der Waals surface area contributed by atoms with Crippen molar-refractivity contribution in [1.29, 1.82) is 0 Å². The van der Waals surface area contributed by atoms with Crippen LogP contribution in [-0.4, -0.2) is 16.7 Å². The molecule has 6 heteroatoms. The van der Waals surface area contributed by atoms with Gasteiger partial charge in [0.05, 0.1) is 17.2 Å². The molecule has 0 atom stereocenters. The molecule has 0 fully saturated rings. The third kappa shape index (κ3) is 5.90. The van der Waals surface area contributed by atoms with E-state index in [1.807, 2.05) is 57.3 Å². The molecule has 124 valence electrons. The zero-order valence-electron chi connectivity index (χ0n) is 14.0. The summed E-state index contributed by atoms with van der Waals surface area (Å²) in [6, 6.07) is 7.88. The predicted molar refractivity (Wildman–Crippen MR) is 93.7 cm³/mol. The van der Waals surface area contributed by atoms with Crippen LogP contribution < -0.4 is 10.6 Å². The molecule has 0 aliphatic carbocycles. The zero-order chi connectivity index (χ0) is 16.9. The van der Waals surface area contributed by atoms with Crippen molar-refractivity contribution in [3.05, 3.63) is 45.9 Å². The van der Waals surface area contributed by atoms with Gasteiger partial charge >= 0.3 is 6.09 Å². The largest absolute Gasteiger partial charge is 0.444 e. The Morgan fingerprint density at radius 2 is 2.00 bits per heavy atom. The summed E-state index contributed by atoms with van der Waals surface area (Å²) < 4.78 is 5.25. The Bertz CT molecular complexity index is 662. The van der Waals surface area contributed by atoms with Crippen LogP contribution in [0.25, 0.3) is 0 Å². The highest BCUT2D eigenvalue weighted by Gasteiger charge is 2.16. The molecule has 0 unspecified atom stereocenters. The van der Waals surface area contributed by atoms with E-state index in [9.17, 15) is 4.79 Å². The summed E-state index contributed by atoms with van der Waals surface area (Å²) in [7, 11) is 0. The monoisotopic (exact) mass is 333 g/mol. The normalized spacial score (nSPS) is 11.1. The van der Waals surface area contributed by atoms with Gasteiger partial charge in [0, 0.05) is 17.6 Å². The number of anilines is 1. The number of hydrogen-bond acceptors (Lipinski definition) is 5. The van der Waals surface area contributed by atoms with Crippen LogP contribution in [0.1, 0.15) is 37.0 Å². The van der Waals surface area contributed by atoms with Crippen molar-refractivity contribution in [2.45, 2.75) is 46.4 Å². The summed E-state index contributed by atoms with van der Waals surface area (Å²) in [6.07, 6.45) is -0.414. The van der Waals surface area contributed by atoms with Gasteiger partial charge < -0.3 is 15.4 Å². The Morgan fingerprint density at radius 3 is 2.65 bits per heavy atom. The minimum Gasteiger partial charge on any atom is -0.444 e. The Balaban J connectivity index is 1.93. The van der Waals surface area contributed by atoms with Crippen molar-refractivity contribution in [1.82, 2.24) is 10.3 Å². The van der Waals surface area contributed by atoms with E-state index in [1.165, 1.54) is 0 Å². The maximum atomic E-state index is 11.8. The smallest absolute Gasteiger partial charge is 0.407 e. The van der Waals surface area contributed by atoms with E-state index in [0.29, 0.717) is 13.1 Å². The molecule has 5 nitrogen and oxygen atoms in total. The molecule has 0 radical (unpaired) electrons. The van der Waals surface area contributed by atoms with Gasteiger partial charge in [-0.25, -0.2) is 9.78 Å². The number of nitrogens with zero attached hydrogens (tertiary/aromatic N) is 1. The molecule has 0 bridgehead atoms. The van der Waals surface area contributed by atoms with E-state index in [-0.39, 0.29) is 0 Å². The van der Waals surface area contributed by atoms with Crippen molar-refractivity contribution in [2.24, 2.45) is 0 Å². The minimum absolute atomic E-state index is 0.411. The van der Waals surface area contributed by atoms with Crippen molar-refractivity contribution < 1.29 is 9.53 Å². The summed E-state index contributed by atoms with van der Waals surface area (Å²) in [5.74, 6) is 0. The van der Waals surface area contributed by atoms with E-state index in [4.69, 9.17) is 4.74 Å². The fraction of sp³-hybridized carbons (Fsp3) is 0.412. The van der Waals surface area contributed by atoms with E-state index >= 15 is 0 Å². The molecule has 2 aromatic rings. The SMILES string of the molecule is Cc1nc(CNc2ccccc2CNC(=O)OC(C)(C)C)cs1. The molecule has 0 spiro atoms. The van der Waals surface area contributed by atoms with Crippen molar-refractivity contribution in [3.8, 4) is 0 Å². The molecule has 0 aliphatic heterocycles. The van der Waals surface area contributed by atoms with Crippen LogP contribution in [0.15, 0.2) is 29.6 Å². The van der Waals surface area contributed by atoms with Gasteiger partial charge in [-0.1, -0.05) is 18.2 Å². The number of aromatic nitrogens is 1. The molecular weight excluding hydrogens is 310 g/mol. The summed E-state index contributed by atoms with van der Waals surface area (Å²) in [4.78, 5) is 16.2. The topological polar surface area (TPSA) is 63.2 Å². The molecule has 1 aromatic heterocycles. The zero-order valence-corrected chi connectivity index (χ0v) is 14.8. The maximum Gasteiger partial charge on any atom is 0.407 e. The van der Waals surface area contributed by atoms with Crippen molar-refractivity contribution in [2.75, 3.05) is 5.32 Å². The summed E-state index contributed by atoms with van der Waals surface area (Å²) in [6.45, 7) is 8.60. The Morgan fingerprint density at radius 1 is 1.26 bits per heavy atom. The first-order valence-corrected chi connectivity index (χ1v) is 8.41. The van der Waals surface area contributed by atoms with Crippen molar-refractivity contribution in [3.63, 3.8) is 0 Å². The second-order valence-electron chi connectivity index (χ2n) is 6.22. The predicted octanol–water partition coefficient (Wildman–Crippen LogP) is 4.09. The van der Waals surface area contributed by atoms with Gasteiger partial charge in [-0.2, -0.15) is 0 Å². The first kappa shape index (κ1) is 17.3. The number of thiazole rings is 1. The highest BCUT2D eigenvalue weighted by Crippen LogP contribution is 2.17. The van der Waals surface area contributed by atoms with Gasteiger partial charge in [0.2, 0.25) is 0 Å². The van der Waals surface area contributed by atoms with Gasteiger partial charge in [-0.3, -0.25) is 0 Å². The van der Waals surface area contributed by atoms with Crippen LogP contribution >= 0.6 is 11.3 Å². The Hall–Kier alpha value is -2.08. The number of aryl methyl sites for hydroxylation is 1. The summed E-state index contributed by atoms with van der Waals surface area (Å²) >= 11 is 1.64. The van der Waals surface area contributed by atoms with Crippen LogP contribution in [-0.2, 0) is 17.8 Å². The van der Waals surface area contributed by atoms with Gasteiger partial charge in [-0.15, -0.1) is 11.3 Å². The lowest BCUT2D eigenvalue weighted by molar-refractivity contribution is 0.0523. The second-order valence-corrected chi connectivity index (χ2v) is 7.29. The number of hydrogen-bond donors (Lipinski definition) is 2. The molecule has 23 heavy (non-hydrogen) atoms. The molecule has 0 saturated carbocycles. The third-order valence-corrected chi connectivity index (χ3v) is 3.79. The molecular formula is C17H23N3O2S. The van der Waals surface area contributed by atoms with Gasteiger partial charge in [0.1, 0.15) is 5.60 Å². The van der Waals surface area contributed by atoms with Crippen LogP contribution in [0.4, 0.5) is 10.5 Å². The molecule has 2 rings (SSSR count).